The zero-order valence-corrected chi connectivity index (χ0v) is 20.6. The maximum Gasteiger partial charge on any atom is 0.143 e. The van der Waals surface area contributed by atoms with Gasteiger partial charge in [-0.2, -0.15) is 0 Å². The highest BCUT2D eigenvalue weighted by molar-refractivity contribution is 5.92. The van der Waals surface area contributed by atoms with Gasteiger partial charge in [0.2, 0.25) is 0 Å². The van der Waals surface area contributed by atoms with E-state index in [1.165, 1.54) is 5.56 Å². The Morgan fingerprint density at radius 1 is 0.865 bits per heavy atom. The van der Waals surface area contributed by atoms with Crippen LogP contribution in [-0.4, -0.2) is 46.2 Å². The smallest absolute Gasteiger partial charge is 0.143 e. The first kappa shape index (κ1) is 23.2. The molecule has 2 aromatic heterocycles. The first-order valence-corrected chi connectivity index (χ1v) is 12.6. The van der Waals surface area contributed by atoms with Crippen molar-refractivity contribution in [1.29, 1.82) is 0 Å². The molecule has 7 nitrogen and oxygen atoms in total. The highest BCUT2D eigenvalue weighted by atomic mass is 16.5. The third kappa shape index (κ3) is 5.63. The third-order valence-electron chi connectivity index (χ3n) is 6.57. The van der Waals surface area contributed by atoms with Crippen molar-refractivity contribution >= 4 is 22.5 Å². The van der Waals surface area contributed by atoms with Crippen molar-refractivity contribution in [3.05, 3.63) is 102 Å². The fourth-order valence-corrected chi connectivity index (χ4v) is 4.51. The van der Waals surface area contributed by atoms with Gasteiger partial charge in [0.15, 0.2) is 0 Å². The van der Waals surface area contributed by atoms with E-state index >= 15 is 0 Å². The van der Waals surface area contributed by atoms with Crippen LogP contribution >= 0.6 is 0 Å². The Balaban J connectivity index is 1.14. The van der Waals surface area contributed by atoms with Gasteiger partial charge in [0.05, 0.1) is 18.6 Å². The number of H-pyrrole nitrogens is 1. The summed E-state index contributed by atoms with van der Waals surface area (Å²) in [6.45, 7) is 5.10. The zero-order chi connectivity index (χ0) is 24.9. The van der Waals surface area contributed by atoms with Crippen molar-refractivity contribution in [3.8, 4) is 17.0 Å². The number of fused-ring (bicyclic) bond motifs is 1. The molecular formula is C30H29N5O2. The van der Waals surface area contributed by atoms with E-state index in [1.54, 1.807) is 6.33 Å². The molecule has 1 aliphatic heterocycles. The molecule has 0 unspecified atom stereocenters. The van der Waals surface area contributed by atoms with Crippen LogP contribution in [0.1, 0.15) is 11.1 Å². The Hall–Kier alpha value is -4.20. The standard InChI is InChI=1S/C30H29N5O2/c1-2-4-23(5-3-1)20-37-26-12-10-25(11-13-26)33-29-27-18-28(34-30(27)32-21-31-29)24-8-6-22(7-9-24)19-35-14-16-36-17-15-35/h1-13,18,21H,14-17,19-20H2,(H2,31,32,33,34). The zero-order valence-electron chi connectivity index (χ0n) is 20.6. The van der Waals surface area contributed by atoms with Crippen LogP contribution in [-0.2, 0) is 17.9 Å². The maximum atomic E-state index is 5.90. The highest BCUT2D eigenvalue weighted by Gasteiger charge is 2.12. The van der Waals surface area contributed by atoms with E-state index in [9.17, 15) is 0 Å². The maximum absolute atomic E-state index is 5.90. The van der Waals surface area contributed by atoms with Crippen LogP contribution in [0.25, 0.3) is 22.3 Å². The second kappa shape index (κ2) is 10.8. The molecule has 7 heteroatoms. The van der Waals surface area contributed by atoms with Crippen molar-refractivity contribution in [2.75, 3.05) is 31.6 Å². The van der Waals surface area contributed by atoms with Crippen molar-refractivity contribution < 1.29 is 9.47 Å². The second-order valence-corrected chi connectivity index (χ2v) is 9.18. The van der Waals surface area contributed by atoms with Gasteiger partial charge in [0, 0.05) is 31.0 Å². The Labute approximate surface area is 216 Å². The Bertz CT molecular complexity index is 1440. The topological polar surface area (TPSA) is 75.3 Å². The van der Waals surface area contributed by atoms with Crippen LogP contribution in [0.4, 0.5) is 11.5 Å². The number of morpholine rings is 1. The average molecular weight is 492 g/mol. The molecule has 0 aliphatic carbocycles. The fraction of sp³-hybridized carbons (Fsp3) is 0.200. The number of anilines is 2. The van der Waals surface area contributed by atoms with E-state index in [0.717, 1.165) is 78.0 Å². The Morgan fingerprint density at radius 2 is 1.65 bits per heavy atom. The predicted molar refractivity (Wildman–Crippen MR) is 146 cm³/mol. The number of nitrogens with one attached hydrogen (secondary N) is 2. The third-order valence-corrected chi connectivity index (χ3v) is 6.57. The van der Waals surface area contributed by atoms with Gasteiger partial charge in [0.25, 0.3) is 0 Å². The summed E-state index contributed by atoms with van der Waals surface area (Å²) in [5.41, 5.74) is 6.31. The number of hydrogen-bond donors (Lipinski definition) is 2. The van der Waals surface area contributed by atoms with Crippen LogP contribution < -0.4 is 10.1 Å². The van der Waals surface area contributed by atoms with Crippen molar-refractivity contribution in [1.82, 2.24) is 19.9 Å². The van der Waals surface area contributed by atoms with Gasteiger partial charge in [-0.3, -0.25) is 4.90 Å². The van der Waals surface area contributed by atoms with Gasteiger partial charge in [-0.05, 0) is 47.0 Å². The summed E-state index contributed by atoms with van der Waals surface area (Å²) in [6.07, 6.45) is 1.58. The van der Waals surface area contributed by atoms with Gasteiger partial charge in [-0.1, -0.05) is 54.6 Å². The molecule has 1 aliphatic rings. The van der Waals surface area contributed by atoms with Crippen LogP contribution in [0.15, 0.2) is 91.3 Å². The molecule has 5 aromatic rings. The van der Waals surface area contributed by atoms with E-state index in [0.29, 0.717) is 6.61 Å². The summed E-state index contributed by atoms with van der Waals surface area (Å²) in [7, 11) is 0. The number of nitrogens with zero attached hydrogens (tertiary/aromatic N) is 3. The summed E-state index contributed by atoms with van der Waals surface area (Å²) in [5.74, 6) is 1.58. The molecule has 37 heavy (non-hydrogen) atoms. The molecule has 2 N–H and O–H groups in total. The molecule has 1 saturated heterocycles. The Morgan fingerprint density at radius 3 is 2.43 bits per heavy atom. The number of ether oxygens (including phenoxy) is 2. The normalized spacial score (nSPS) is 14.1. The van der Waals surface area contributed by atoms with Crippen LogP contribution in [0.2, 0.25) is 0 Å². The molecule has 0 atom stereocenters. The largest absolute Gasteiger partial charge is 0.489 e. The first-order chi connectivity index (χ1) is 18.3. The summed E-state index contributed by atoms with van der Waals surface area (Å²) in [6, 6.07) is 28.9. The minimum absolute atomic E-state index is 0.542. The van der Waals surface area contributed by atoms with E-state index in [4.69, 9.17) is 9.47 Å². The van der Waals surface area contributed by atoms with E-state index in [-0.39, 0.29) is 0 Å². The predicted octanol–water partition coefficient (Wildman–Crippen LogP) is 5.78. The monoisotopic (exact) mass is 491 g/mol. The molecule has 3 aromatic carbocycles. The van der Waals surface area contributed by atoms with Gasteiger partial charge in [-0.25, -0.2) is 9.97 Å². The van der Waals surface area contributed by atoms with Crippen molar-refractivity contribution in [3.63, 3.8) is 0 Å². The summed E-state index contributed by atoms with van der Waals surface area (Å²) in [4.78, 5) is 14.8. The highest BCUT2D eigenvalue weighted by Crippen LogP contribution is 2.29. The quantitative estimate of drug-likeness (QED) is 0.287. The fourth-order valence-electron chi connectivity index (χ4n) is 4.51. The van der Waals surface area contributed by atoms with Gasteiger partial charge in [0.1, 0.15) is 30.1 Å². The van der Waals surface area contributed by atoms with Crippen LogP contribution in [0, 0.1) is 0 Å². The van der Waals surface area contributed by atoms with Gasteiger partial charge < -0.3 is 19.8 Å². The summed E-state index contributed by atoms with van der Waals surface area (Å²) in [5, 5.41) is 4.37. The van der Waals surface area contributed by atoms with E-state index in [2.05, 4.69) is 67.6 Å². The number of hydrogen-bond acceptors (Lipinski definition) is 6. The lowest BCUT2D eigenvalue weighted by Gasteiger charge is -2.26. The lowest BCUT2D eigenvalue weighted by Crippen LogP contribution is -2.35. The molecule has 186 valence electrons. The van der Waals surface area contributed by atoms with Crippen LogP contribution in [0.3, 0.4) is 0 Å². The summed E-state index contributed by atoms with van der Waals surface area (Å²) >= 11 is 0. The lowest BCUT2D eigenvalue weighted by molar-refractivity contribution is 0.0342. The van der Waals surface area contributed by atoms with E-state index in [1.807, 2.05) is 42.5 Å². The molecule has 0 saturated carbocycles. The SMILES string of the molecule is c1ccc(COc2ccc(Nc3ncnc4[nH]c(-c5ccc(CN6CCOCC6)cc5)cc34)cc2)cc1. The van der Waals surface area contributed by atoms with Crippen LogP contribution in [0.5, 0.6) is 5.75 Å². The minimum Gasteiger partial charge on any atom is -0.489 e. The van der Waals surface area contributed by atoms with Gasteiger partial charge in [-0.15, -0.1) is 0 Å². The molecule has 0 spiro atoms. The molecule has 0 radical (unpaired) electrons. The number of aromatic nitrogens is 3. The molecule has 1 fully saturated rings. The molecule has 3 heterocycles. The van der Waals surface area contributed by atoms with Crippen molar-refractivity contribution in [2.45, 2.75) is 13.2 Å². The van der Waals surface area contributed by atoms with Crippen molar-refractivity contribution in [2.24, 2.45) is 0 Å². The molecule has 6 rings (SSSR count). The first-order valence-electron chi connectivity index (χ1n) is 12.6. The average Bonchev–Trinajstić information content (AvgIpc) is 3.40. The molecular weight excluding hydrogens is 462 g/mol. The second-order valence-electron chi connectivity index (χ2n) is 9.18. The van der Waals surface area contributed by atoms with E-state index < -0.39 is 0 Å². The minimum atomic E-state index is 0.542. The molecule has 0 bridgehead atoms. The molecule has 0 amide bonds. The van der Waals surface area contributed by atoms with Gasteiger partial charge >= 0.3 is 0 Å². The number of aromatic amines is 1. The lowest BCUT2D eigenvalue weighted by atomic mass is 10.1. The Kier molecular flexibility index (Phi) is 6.79. The number of rotatable bonds is 8. The number of benzene rings is 3. The summed E-state index contributed by atoms with van der Waals surface area (Å²) < 4.78 is 11.4.